The number of carbonyl (C=O) groups is 1. The highest BCUT2D eigenvalue weighted by Gasteiger charge is 2.11. The molecular weight excluding hydrogens is 298 g/mol. The molecule has 0 saturated heterocycles. The van der Waals surface area contributed by atoms with Gasteiger partial charge in [0.15, 0.2) is 5.75 Å². The zero-order valence-corrected chi connectivity index (χ0v) is 13.0. The smallest absolute Gasteiger partial charge is 0.407 e. The minimum Gasteiger partial charge on any atom is -0.503 e. The Bertz CT molecular complexity index is 728. The Morgan fingerprint density at radius 1 is 1.48 bits per heavy atom. The molecule has 0 unspecified atom stereocenters. The van der Waals surface area contributed by atoms with Gasteiger partial charge in [0.25, 0.3) is 0 Å². The molecule has 0 aliphatic carbocycles. The minimum absolute atomic E-state index is 0.278. The summed E-state index contributed by atoms with van der Waals surface area (Å²) in [4.78, 5) is 27.0. The lowest BCUT2D eigenvalue weighted by Crippen LogP contribution is -2.29. The van der Waals surface area contributed by atoms with Crippen LogP contribution in [0.3, 0.4) is 0 Å². The maximum atomic E-state index is 11.8. The monoisotopic (exact) mass is 317 g/mol. The van der Waals surface area contributed by atoms with Crippen molar-refractivity contribution in [2.45, 2.75) is 26.5 Å². The maximum Gasteiger partial charge on any atom is 0.407 e. The first-order valence-electron chi connectivity index (χ1n) is 7.22. The lowest BCUT2D eigenvalue weighted by Gasteiger charge is -2.15. The molecule has 2 heterocycles. The third-order valence-electron chi connectivity index (χ3n) is 3.47. The van der Waals surface area contributed by atoms with E-state index in [0.717, 1.165) is 5.56 Å². The van der Waals surface area contributed by atoms with E-state index in [-0.39, 0.29) is 5.75 Å². The van der Waals surface area contributed by atoms with Crippen molar-refractivity contribution in [2.75, 3.05) is 6.54 Å². The van der Waals surface area contributed by atoms with E-state index in [1.807, 2.05) is 6.07 Å². The van der Waals surface area contributed by atoms with Crippen molar-refractivity contribution in [3.63, 3.8) is 0 Å². The standard InChI is InChI=1S/C16H19N3O4/c1-11-15(21)14(20)5-8-19(11)9-7-18-16(22)23-12(2)13-4-3-6-17-10-13/h3-6,8,10,12,21H,7,9H2,1-2H3,(H,18,22)/t12-/m0/s1. The summed E-state index contributed by atoms with van der Waals surface area (Å²) in [5, 5.41) is 12.2. The van der Waals surface area contributed by atoms with Crippen molar-refractivity contribution in [1.29, 1.82) is 0 Å². The fraction of sp³-hybridized carbons (Fsp3) is 0.312. The summed E-state index contributed by atoms with van der Waals surface area (Å²) in [5.74, 6) is -0.278. The molecule has 23 heavy (non-hydrogen) atoms. The zero-order valence-electron chi connectivity index (χ0n) is 13.0. The summed E-state index contributed by atoms with van der Waals surface area (Å²) >= 11 is 0. The van der Waals surface area contributed by atoms with Gasteiger partial charge in [-0.3, -0.25) is 9.78 Å². The van der Waals surface area contributed by atoms with Crippen LogP contribution in [0, 0.1) is 6.92 Å². The normalized spacial score (nSPS) is 11.7. The van der Waals surface area contributed by atoms with Gasteiger partial charge in [-0.25, -0.2) is 4.79 Å². The maximum absolute atomic E-state index is 11.8. The van der Waals surface area contributed by atoms with Gasteiger partial charge in [-0.2, -0.15) is 0 Å². The molecule has 2 rings (SSSR count). The number of nitrogens with zero attached hydrogens (tertiary/aromatic N) is 2. The molecule has 1 atom stereocenters. The molecule has 1 amide bonds. The number of hydrogen-bond donors (Lipinski definition) is 2. The van der Waals surface area contributed by atoms with Crippen LogP contribution >= 0.6 is 0 Å². The van der Waals surface area contributed by atoms with Crippen LogP contribution in [0.5, 0.6) is 5.75 Å². The second kappa shape index (κ2) is 7.44. The Morgan fingerprint density at radius 2 is 2.26 bits per heavy atom. The number of alkyl carbamates (subject to hydrolysis) is 1. The number of amides is 1. The highest BCUT2D eigenvalue weighted by atomic mass is 16.6. The number of carbonyl (C=O) groups excluding carboxylic acids is 1. The van der Waals surface area contributed by atoms with E-state index in [4.69, 9.17) is 4.74 Å². The third-order valence-corrected chi connectivity index (χ3v) is 3.47. The second-order valence-corrected chi connectivity index (χ2v) is 5.07. The van der Waals surface area contributed by atoms with Gasteiger partial charge in [0.05, 0.1) is 5.69 Å². The van der Waals surface area contributed by atoms with Gasteiger partial charge in [0.1, 0.15) is 6.10 Å². The first-order valence-corrected chi connectivity index (χ1v) is 7.22. The molecule has 0 radical (unpaired) electrons. The first kappa shape index (κ1) is 16.5. The zero-order chi connectivity index (χ0) is 16.8. The van der Waals surface area contributed by atoms with E-state index in [1.165, 1.54) is 6.07 Å². The average molecular weight is 317 g/mol. The molecule has 0 saturated carbocycles. The fourth-order valence-electron chi connectivity index (χ4n) is 2.07. The van der Waals surface area contributed by atoms with Crippen molar-refractivity contribution >= 4 is 6.09 Å². The van der Waals surface area contributed by atoms with E-state index in [1.54, 1.807) is 43.1 Å². The van der Waals surface area contributed by atoms with E-state index in [2.05, 4.69) is 10.3 Å². The average Bonchev–Trinajstić information content (AvgIpc) is 2.55. The van der Waals surface area contributed by atoms with E-state index < -0.39 is 17.6 Å². The predicted octanol–water partition coefficient (Wildman–Crippen LogP) is 1.74. The fourth-order valence-corrected chi connectivity index (χ4v) is 2.07. The quantitative estimate of drug-likeness (QED) is 0.876. The molecule has 7 heteroatoms. The molecule has 122 valence electrons. The second-order valence-electron chi connectivity index (χ2n) is 5.07. The highest BCUT2D eigenvalue weighted by molar-refractivity contribution is 5.67. The van der Waals surface area contributed by atoms with Gasteiger partial charge in [-0.1, -0.05) is 6.07 Å². The molecule has 2 N–H and O–H groups in total. The summed E-state index contributed by atoms with van der Waals surface area (Å²) in [6.45, 7) is 4.12. The number of pyridine rings is 2. The van der Waals surface area contributed by atoms with E-state index >= 15 is 0 Å². The summed E-state index contributed by atoms with van der Waals surface area (Å²) in [7, 11) is 0. The summed E-state index contributed by atoms with van der Waals surface area (Å²) in [6, 6.07) is 4.89. The van der Waals surface area contributed by atoms with Gasteiger partial charge < -0.3 is 19.7 Å². The van der Waals surface area contributed by atoms with Crippen LogP contribution in [-0.2, 0) is 11.3 Å². The lowest BCUT2D eigenvalue weighted by molar-refractivity contribution is 0.107. The lowest BCUT2D eigenvalue weighted by atomic mass is 10.2. The van der Waals surface area contributed by atoms with Gasteiger partial charge >= 0.3 is 6.09 Å². The summed E-state index contributed by atoms with van der Waals surface area (Å²) < 4.78 is 6.93. The Labute approximate surface area is 133 Å². The number of rotatable bonds is 5. The number of hydrogen-bond acceptors (Lipinski definition) is 5. The molecule has 2 aromatic heterocycles. The molecule has 0 fully saturated rings. The molecule has 0 spiro atoms. The Hall–Kier alpha value is -2.83. The van der Waals surface area contributed by atoms with Crippen LogP contribution in [0.1, 0.15) is 24.3 Å². The van der Waals surface area contributed by atoms with Crippen LogP contribution in [0.2, 0.25) is 0 Å². The van der Waals surface area contributed by atoms with Crippen molar-refractivity contribution in [2.24, 2.45) is 0 Å². The van der Waals surface area contributed by atoms with E-state index in [9.17, 15) is 14.7 Å². The van der Waals surface area contributed by atoms with Gasteiger partial charge in [0.2, 0.25) is 5.43 Å². The van der Waals surface area contributed by atoms with Crippen LogP contribution in [0.4, 0.5) is 4.79 Å². The molecular formula is C16H19N3O4. The molecule has 0 bridgehead atoms. The minimum atomic E-state index is -0.538. The van der Waals surface area contributed by atoms with Gasteiger partial charge in [-0.15, -0.1) is 0 Å². The van der Waals surface area contributed by atoms with Gasteiger partial charge in [0, 0.05) is 43.3 Å². The topological polar surface area (TPSA) is 93.5 Å². The largest absolute Gasteiger partial charge is 0.503 e. The summed E-state index contributed by atoms with van der Waals surface area (Å²) in [6.07, 6.45) is 3.93. The number of aromatic hydroxyl groups is 1. The van der Waals surface area contributed by atoms with Crippen LogP contribution in [-0.4, -0.2) is 27.3 Å². The predicted molar refractivity (Wildman–Crippen MR) is 84.2 cm³/mol. The Morgan fingerprint density at radius 3 is 2.96 bits per heavy atom. The Kier molecular flexibility index (Phi) is 5.35. The number of ether oxygens (including phenoxy) is 1. The molecule has 0 aliphatic rings. The van der Waals surface area contributed by atoms with Crippen LogP contribution in [0.15, 0.2) is 41.6 Å². The van der Waals surface area contributed by atoms with Crippen molar-refractivity contribution in [1.82, 2.24) is 14.9 Å². The van der Waals surface area contributed by atoms with Crippen molar-refractivity contribution < 1.29 is 14.6 Å². The number of aromatic nitrogens is 2. The van der Waals surface area contributed by atoms with Gasteiger partial charge in [-0.05, 0) is 19.9 Å². The van der Waals surface area contributed by atoms with E-state index in [0.29, 0.717) is 18.8 Å². The van der Waals surface area contributed by atoms with Crippen LogP contribution in [0.25, 0.3) is 0 Å². The molecule has 0 aliphatic heterocycles. The summed E-state index contributed by atoms with van der Waals surface area (Å²) in [5.41, 5.74) is 0.844. The molecule has 0 aromatic carbocycles. The third kappa shape index (κ3) is 4.32. The van der Waals surface area contributed by atoms with Crippen LogP contribution < -0.4 is 10.7 Å². The number of nitrogens with one attached hydrogen (secondary N) is 1. The molecule has 2 aromatic rings. The highest BCUT2D eigenvalue weighted by Crippen LogP contribution is 2.14. The SMILES string of the molecule is Cc1c(O)c(=O)ccn1CCNC(=O)O[C@@H](C)c1cccnc1. The van der Waals surface area contributed by atoms with Crippen molar-refractivity contribution in [3.05, 3.63) is 58.3 Å². The first-order chi connectivity index (χ1) is 11.0. The van der Waals surface area contributed by atoms with Crippen molar-refractivity contribution in [3.8, 4) is 5.75 Å². The molecule has 7 nitrogen and oxygen atoms in total. The Balaban J connectivity index is 1.84.